The van der Waals surface area contributed by atoms with Gasteiger partial charge >= 0.3 is 0 Å². The van der Waals surface area contributed by atoms with E-state index >= 15 is 0 Å². The van der Waals surface area contributed by atoms with Gasteiger partial charge in [-0.15, -0.1) is 22.7 Å². The Bertz CT molecular complexity index is 1500. The van der Waals surface area contributed by atoms with Crippen LogP contribution in [-0.4, -0.2) is 32.7 Å². The number of imide groups is 1. The number of thiophene rings is 2. The van der Waals surface area contributed by atoms with E-state index < -0.39 is 11.8 Å². The number of nitrogens with one attached hydrogen (secondary N) is 1. The molecule has 3 amide bonds. The molecule has 0 saturated carbocycles. The molecule has 0 radical (unpaired) electrons. The van der Waals surface area contributed by atoms with E-state index in [0.29, 0.717) is 30.1 Å². The molecule has 1 aliphatic rings. The Balaban J connectivity index is 1.58. The summed E-state index contributed by atoms with van der Waals surface area (Å²) in [5, 5.41) is 3.69. The van der Waals surface area contributed by atoms with Crippen molar-refractivity contribution in [2.75, 3.05) is 5.43 Å². The van der Waals surface area contributed by atoms with Crippen LogP contribution in [-0.2, 0) is 20.8 Å². The van der Waals surface area contributed by atoms with Crippen molar-refractivity contribution in [2.24, 2.45) is 5.73 Å². The van der Waals surface area contributed by atoms with Gasteiger partial charge in [-0.3, -0.25) is 19.8 Å². The van der Waals surface area contributed by atoms with Crippen LogP contribution < -0.4 is 11.2 Å². The Morgan fingerprint density at radius 1 is 1.11 bits per heavy atom. The van der Waals surface area contributed by atoms with Gasteiger partial charge in [0.1, 0.15) is 4.83 Å². The zero-order chi connectivity index (χ0) is 24.7. The molecule has 3 aromatic heterocycles. The highest BCUT2D eigenvalue weighted by atomic mass is 32.1. The second-order valence-corrected chi connectivity index (χ2v) is 10.1. The minimum Gasteiger partial charge on any atom is -0.370 e. The molecule has 1 aliphatic heterocycles. The van der Waals surface area contributed by atoms with Crippen LogP contribution in [0.2, 0.25) is 0 Å². The molecule has 35 heavy (non-hydrogen) atoms. The molecule has 4 heterocycles. The summed E-state index contributed by atoms with van der Waals surface area (Å²) in [4.78, 5) is 48.1. The lowest BCUT2D eigenvalue weighted by molar-refractivity contribution is -0.135. The van der Waals surface area contributed by atoms with Crippen molar-refractivity contribution in [1.82, 2.24) is 15.0 Å². The van der Waals surface area contributed by atoms with Crippen LogP contribution in [0, 0.1) is 6.92 Å². The fourth-order valence-corrected chi connectivity index (χ4v) is 5.75. The molecule has 3 N–H and O–H groups in total. The normalized spacial score (nSPS) is 13.5. The molecule has 0 spiro atoms. The van der Waals surface area contributed by atoms with Crippen molar-refractivity contribution in [3.8, 4) is 21.1 Å². The molecule has 176 valence electrons. The number of hydrogen-bond donors (Lipinski definition) is 2. The third kappa shape index (κ3) is 4.33. The van der Waals surface area contributed by atoms with Crippen molar-refractivity contribution in [3.05, 3.63) is 64.6 Å². The maximum Gasteiger partial charge on any atom is 0.275 e. The quantitative estimate of drug-likeness (QED) is 0.360. The van der Waals surface area contributed by atoms with Gasteiger partial charge in [0.25, 0.3) is 11.8 Å². The smallest absolute Gasteiger partial charge is 0.275 e. The highest BCUT2D eigenvalue weighted by Gasteiger charge is 2.30. The highest BCUT2D eigenvalue weighted by molar-refractivity contribution is 7.22. The Kier molecular flexibility index (Phi) is 5.91. The number of amides is 3. The molecular formula is C25H21N5O3S2. The van der Waals surface area contributed by atoms with E-state index in [9.17, 15) is 14.4 Å². The van der Waals surface area contributed by atoms with Crippen LogP contribution in [0.1, 0.15) is 24.5 Å². The lowest BCUT2D eigenvalue weighted by atomic mass is 10.0. The molecule has 5 rings (SSSR count). The number of nitrogens with zero attached hydrogens (tertiary/aromatic N) is 3. The molecule has 4 aromatic rings. The first-order chi connectivity index (χ1) is 16.8. The van der Waals surface area contributed by atoms with Crippen molar-refractivity contribution in [3.63, 3.8) is 0 Å². The minimum absolute atomic E-state index is 0.305. The van der Waals surface area contributed by atoms with Gasteiger partial charge < -0.3 is 5.73 Å². The molecule has 0 unspecified atom stereocenters. The molecule has 1 aromatic carbocycles. The number of carbonyl (C=O) groups excluding carboxylic acids is 3. The summed E-state index contributed by atoms with van der Waals surface area (Å²) in [6.07, 6.45) is 2.20. The van der Waals surface area contributed by atoms with Crippen LogP contribution in [0.25, 0.3) is 31.4 Å². The first-order valence-electron chi connectivity index (χ1n) is 10.9. The summed E-state index contributed by atoms with van der Waals surface area (Å²) in [5.74, 6) is -0.236. The van der Waals surface area contributed by atoms with Gasteiger partial charge in [0.2, 0.25) is 5.91 Å². The summed E-state index contributed by atoms with van der Waals surface area (Å²) in [6, 6.07) is 11.8. The fourth-order valence-electron chi connectivity index (χ4n) is 3.90. The zero-order valence-electron chi connectivity index (χ0n) is 19.0. The minimum atomic E-state index is -0.434. The van der Waals surface area contributed by atoms with Gasteiger partial charge in [0.15, 0.2) is 11.6 Å². The predicted molar refractivity (Wildman–Crippen MR) is 138 cm³/mol. The number of aryl methyl sites for hydroxylation is 2. The second-order valence-electron chi connectivity index (χ2n) is 8.19. The van der Waals surface area contributed by atoms with Gasteiger partial charge in [0, 0.05) is 22.9 Å². The van der Waals surface area contributed by atoms with Gasteiger partial charge in [-0.2, -0.15) is 5.01 Å². The largest absolute Gasteiger partial charge is 0.370 e. The van der Waals surface area contributed by atoms with E-state index in [0.717, 1.165) is 41.7 Å². The second kappa shape index (κ2) is 9.05. The van der Waals surface area contributed by atoms with Gasteiger partial charge in [0.05, 0.1) is 10.3 Å². The Labute approximate surface area is 209 Å². The summed E-state index contributed by atoms with van der Waals surface area (Å²) < 4.78 is 0. The van der Waals surface area contributed by atoms with Gasteiger partial charge in [-0.25, -0.2) is 9.97 Å². The Morgan fingerprint density at radius 2 is 1.89 bits per heavy atom. The van der Waals surface area contributed by atoms with Crippen LogP contribution in [0.4, 0.5) is 5.82 Å². The topological polar surface area (TPSA) is 118 Å². The molecule has 0 saturated heterocycles. The summed E-state index contributed by atoms with van der Waals surface area (Å²) >= 11 is 3.04. The van der Waals surface area contributed by atoms with Crippen molar-refractivity contribution < 1.29 is 14.4 Å². The predicted octanol–water partition coefficient (Wildman–Crippen LogP) is 4.46. The van der Waals surface area contributed by atoms with Crippen LogP contribution >= 0.6 is 22.7 Å². The molecule has 8 nitrogen and oxygen atoms in total. The van der Waals surface area contributed by atoms with E-state index in [1.165, 1.54) is 28.7 Å². The zero-order valence-corrected chi connectivity index (χ0v) is 20.6. The number of aromatic nitrogens is 2. The van der Waals surface area contributed by atoms with Gasteiger partial charge in [-0.05, 0) is 48.4 Å². The van der Waals surface area contributed by atoms with Crippen molar-refractivity contribution >= 4 is 56.4 Å². The Hall–Kier alpha value is -3.89. The summed E-state index contributed by atoms with van der Waals surface area (Å²) in [5.41, 5.74) is 11.6. The van der Waals surface area contributed by atoms with Crippen LogP contribution in [0.5, 0.6) is 0 Å². The van der Waals surface area contributed by atoms with Crippen molar-refractivity contribution in [2.45, 2.75) is 26.7 Å². The molecular weight excluding hydrogens is 482 g/mol. The number of primary amides is 1. The number of fused-ring (bicyclic) bond motifs is 1. The lowest BCUT2D eigenvalue weighted by Gasteiger charge is -2.17. The average molecular weight is 504 g/mol. The maximum absolute atomic E-state index is 12.5. The van der Waals surface area contributed by atoms with E-state index in [2.05, 4.69) is 5.43 Å². The lowest BCUT2D eigenvalue weighted by Crippen LogP contribution is -2.36. The van der Waals surface area contributed by atoms with E-state index in [4.69, 9.17) is 15.7 Å². The number of carbonyl (C=O) groups is 3. The first kappa shape index (κ1) is 22.9. The third-order valence-electron chi connectivity index (χ3n) is 5.73. The summed E-state index contributed by atoms with van der Waals surface area (Å²) in [6.45, 7) is 3.58. The van der Waals surface area contributed by atoms with E-state index in [1.807, 2.05) is 48.7 Å². The number of hydrogen-bond acceptors (Lipinski definition) is 8. The van der Waals surface area contributed by atoms with E-state index in [-0.39, 0.29) is 5.91 Å². The van der Waals surface area contributed by atoms with Crippen molar-refractivity contribution in [1.29, 1.82) is 0 Å². The highest BCUT2D eigenvalue weighted by Crippen LogP contribution is 2.41. The standard InChI is InChI=1S/C25H21N5O3S2/c1-13-12-19(32)30(25(13)33)29-23-20-14(2)21(16-8-5-15(6-9-16)7-10-18(26)31)35-24(20)28-22(27-23)17-4-3-11-34-17/h3-6,8-9,11-12H,7,10H2,1-2H3,(H2,26,31)(H,27,28,29). The molecule has 0 bridgehead atoms. The average Bonchev–Trinajstić information content (AvgIpc) is 3.54. The van der Waals surface area contributed by atoms with E-state index in [1.54, 1.807) is 6.92 Å². The first-order valence-corrected chi connectivity index (χ1v) is 12.6. The fraction of sp³-hybridized carbons (Fsp3) is 0.160. The maximum atomic E-state index is 12.5. The SMILES string of the molecule is CC1=CC(=O)N(Nc2nc(-c3cccs3)nc3sc(-c4ccc(CCC(N)=O)cc4)c(C)c23)C1=O. The third-order valence-corrected chi connectivity index (χ3v) is 7.83. The summed E-state index contributed by atoms with van der Waals surface area (Å²) in [7, 11) is 0. The Morgan fingerprint density at radius 3 is 2.51 bits per heavy atom. The van der Waals surface area contributed by atoms with Crippen LogP contribution in [0.3, 0.4) is 0 Å². The van der Waals surface area contributed by atoms with Gasteiger partial charge in [-0.1, -0.05) is 30.3 Å². The molecule has 0 fully saturated rings. The number of anilines is 1. The molecule has 10 heteroatoms. The number of benzene rings is 1. The number of hydrazine groups is 1. The van der Waals surface area contributed by atoms with Crippen LogP contribution in [0.15, 0.2) is 53.4 Å². The molecule has 0 aliphatic carbocycles. The molecule has 0 atom stereocenters. The number of rotatable bonds is 7. The monoisotopic (exact) mass is 503 g/mol. The number of nitrogens with two attached hydrogens (primary N) is 1.